The summed E-state index contributed by atoms with van der Waals surface area (Å²) in [6.45, 7) is 6.50. The molecule has 6 heteroatoms. The van der Waals surface area contributed by atoms with Gasteiger partial charge in [0.05, 0.1) is 0 Å². The maximum Gasteiger partial charge on any atom is 0.410 e. The van der Waals surface area contributed by atoms with Crippen LogP contribution in [0.4, 0.5) is 4.79 Å². The van der Waals surface area contributed by atoms with Crippen LogP contribution in [0.15, 0.2) is 18.2 Å². The van der Waals surface area contributed by atoms with Crippen LogP contribution in [0, 0.1) is 0 Å². The van der Waals surface area contributed by atoms with Gasteiger partial charge >= 0.3 is 6.09 Å². The van der Waals surface area contributed by atoms with Gasteiger partial charge in [0.2, 0.25) is 0 Å². The Balaban J connectivity index is 2.11. The Labute approximate surface area is 126 Å². The van der Waals surface area contributed by atoms with E-state index in [1.165, 1.54) is 0 Å². The van der Waals surface area contributed by atoms with Gasteiger partial charge in [-0.1, -0.05) is 6.07 Å². The molecule has 0 atom stereocenters. The highest BCUT2D eigenvalue weighted by atomic mass is 79.9. The number of nitrogens with one attached hydrogen (secondary N) is 1. The third-order valence-electron chi connectivity index (χ3n) is 2.93. The molecule has 5 nitrogen and oxygen atoms in total. The van der Waals surface area contributed by atoms with Crippen molar-refractivity contribution in [2.45, 2.75) is 39.5 Å². The van der Waals surface area contributed by atoms with Gasteiger partial charge in [-0.3, -0.25) is 14.0 Å². The third kappa shape index (κ3) is 3.30. The Hall–Kier alpha value is -1.56. The van der Waals surface area contributed by atoms with Crippen molar-refractivity contribution < 1.29 is 14.3 Å². The molecule has 0 spiro atoms. The molecule has 2 rings (SSSR count). The molecule has 0 saturated heterocycles. The minimum atomic E-state index is -0.507. The maximum atomic E-state index is 12.0. The first-order valence-electron chi connectivity index (χ1n) is 6.31. The Kier molecular flexibility index (Phi) is 4.04. The molecule has 0 aliphatic carbocycles. The van der Waals surface area contributed by atoms with Crippen LogP contribution in [-0.2, 0) is 17.8 Å². The molecule has 0 aromatic heterocycles. The Morgan fingerprint density at radius 3 is 2.50 bits per heavy atom. The fourth-order valence-corrected chi connectivity index (χ4v) is 2.27. The molecule has 2 amide bonds. The molecular formula is C14H17BrN2O3. The molecule has 0 unspecified atom stereocenters. The minimum Gasteiger partial charge on any atom is -0.444 e. The van der Waals surface area contributed by atoms with Crippen LogP contribution >= 0.6 is 16.1 Å². The smallest absolute Gasteiger partial charge is 0.410 e. The van der Waals surface area contributed by atoms with Gasteiger partial charge in [0.1, 0.15) is 5.60 Å². The number of fused-ring (bicyclic) bond motifs is 1. The second-order valence-corrected chi connectivity index (χ2v) is 6.14. The van der Waals surface area contributed by atoms with Crippen molar-refractivity contribution in [3.05, 3.63) is 34.9 Å². The number of ether oxygens (including phenoxy) is 1. The number of carbonyl (C=O) groups is 2. The van der Waals surface area contributed by atoms with E-state index in [1.807, 2.05) is 26.8 Å². The fourth-order valence-electron chi connectivity index (χ4n) is 2.05. The number of amides is 2. The van der Waals surface area contributed by atoms with Gasteiger partial charge in [-0.05, 0) is 44.0 Å². The number of rotatable bonds is 1. The molecule has 1 N–H and O–H groups in total. The summed E-state index contributed by atoms with van der Waals surface area (Å²) < 4.78 is 7.76. The van der Waals surface area contributed by atoms with E-state index < -0.39 is 5.60 Å². The number of hydrogen-bond acceptors (Lipinski definition) is 3. The van der Waals surface area contributed by atoms with E-state index in [0.29, 0.717) is 18.7 Å². The number of nitrogens with zero attached hydrogens (tertiary/aromatic N) is 1. The zero-order chi connectivity index (χ0) is 14.9. The van der Waals surface area contributed by atoms with Gasteiger partial charge in [0.25, 0.3) is 5.91 Å². The minimum absolute atomic E-state index is 0.205. The Morgan fingerprint density at radius 2 is 1.90 bits per heavy atom. The average molecular weight is 341 g/mol. The first kappa shape index (κ1) is 14.8. The van der Waals surface area contributed by atoms with Crippen molar-refractivity contribution in [3.63, 3.8) is 0 Å². The first-order chi connectivity index (χ1) is 9.30. The summed E-state index contributed by atoms with van der Waals surface area (Å²) in [5.41, 5.74) is 2.07. The lowest BCUT2D eigenvalue weighted by atomic mass is 10.1. The molecule has 1 aromatic rings. The van der Waals surface area contributed by atoms with Crippen LogP contribution in [0.2, 0.25) is 0 Å². The number of benzene rings is 1. The molecule has 1 aliphatic rings. The number of hydrogen-bond donors (Lipinski definition) is 1. The lowest BCUT2D eigenvalue weighted by Gasteiger charge is -2.24. The van der Waals surface area contributed by atoms with Crippen LogP contribution in [0.25, 0.3) is 0 Å². The summed E-state index contributed by atoms with van der Waals surface area (Å²) in [6, 6.07) is 5.42. The highest BCUT2D eigenvalue weighted by molar-refractivity contribution is 9.08. The third-order valence-corrected chi connectivity index (χ3v) is 3.29. The van der Waals surface area contributed by atoms with E-state index in [2.05, 4.69) is 20.5 Å². The van der Waals surface area contributed by atoms with Crippen molar-refractivity contribution in [2.24, 2.45) is 0 Å². The van der Waals surface area contributed by atoms with Crippen LogP contribution in [0.3, 0.4) is 0 Å². The SMILES string of the molecule is CC(C)(C)OC(=O)N1Cc2ccc(C(=O)NBr)cc2C1. The number of halogens is 1. The van der Waals surface area contributed by atoms with E-state index in [-0.39, 0.29) is 12.0 Å². The van der Waals surface area contributed by atoms with Crippen LogP contribution in [0.5, 0.6) is 0 Å². The highest BCUT2D eigenvalue weighted by Gasteiger charge is 2.28. The van der Waals surface area contributed by atoms with E-state index >= 15 is 0 Å². The standard InChI is InChI=1S/C14H17BrN2O3/c1-14(2,3)20-13(19)17-7-10-5-4-9(12(18)16-15)6-11(10)8-17/h4-6H,7-8H2,1-3H3,(H,16,18). The predicted molar refractivity (Wildman–Crippen MR) is 78.3 cm³/mol. The van der Waals surface area contributed by atoms with Crippen LogP contribution < -0.4 is 4.34 Å². The molecular weight excluding hydrogens is 324 g/mol. The van der Waals surface area contributed by atoms with Crippen molar-refractivity contribution in [1.29, 1.82) is 0 Å². The largest absolute Gasteiger partial charge is 0.444 e. The lowest BCUT2D eigenvalue weighted by Crippen LogP contribution is -2.33. The topological polar surface area (TPSA) is 58.6 Å². The quantitative estimate of drug-likeness (QED) is 0.799. The summed E-state index contributed by atoms with van der Waals surface area (Å²) in [5.74, 6) is -0.205. The molecule has 0 fully saturated rings. The summed E-state index contributed by atoms with van der Waals surface area (Å²) in [5, 5.41) is 0. The van der Waals surface area contributed by atoms with Crippen LogP contribution in [-0.4, -0.2) is 22.5 Å². The molecule has 108 valence electrons. The van der Waals surface area contributed by atoms with Gasteiger partial charge in [0.15, 0.2) is 0 Å². The van der Waals surface area contributed by atoms with Gasteiger partial charge in [-0.2, -0.15) is 0 Å². The van der Waals surface area contributed by atoms with Crippen molar-refractivity contribution in [2.75, 3.05) is 0 Å². The van der Waals surface area contributed by atoms with E-state index in [0.717, 1.165) is 11.1 Å². The molecule has 1 heterocycles. The molecule has 0 saturated carbocycles. The summed E-state index contributed by atoms with van der Waals surface area (Å²) in [6.07, 6.45) is -0.333. The summed E-state index contributed by atoms with van der Waals surface area (Å²) in [7, 11) is 0. The van der Waals surface area contributed by atoms with Gasteiger partial charge < -0.3 is 4.74 Å². The molecule has 0 bridgehead atoms. The summed E-state index contributed by atoms with van der Waals surface area (Å²) >= 11 is 2.92. The lowest BCUT2D eigenvalue weighted by molar-refractivity contribution is 0.0242. The monoisotopic (exact) mass is 340 g/mol. The van der Waals surface area contributed by atoms with Crippen molar-refractivity contribution in [3.8, 4) is 0 Å². The second kappa shape index (κ2) is 5.44. The van der Waals surface area contributed by atoms with E-state index in [1.54, 1.807) is 17.0 Å². The van der Waals surface area contributed by atoms with Gasteiger partial charge in [-0.15, -0.1) is 0 Å². The van der Waals surface area contributed by atoms with Crippen LogP contribution in [0.1, 0.15) is 42.3 Å². The van der Waals surface area contributed by atoms with Gasteiger partial charge in [0, 0.05) is 34.8 Å². The zero-order valence-corrected chi connectivity index (χ0v) is 13.3. The summed E-state index contributed by atoms with van der Waals surface area (Å²) in [4.78, 5) is 25.2. The highest BCUT2D eigenvalue weighted by Crippen LogP contribution is 2.25. The molecule has 0 radical (unpaired) electrons. The fraction of sp³-hybridized carbons (Fsp3) is 0.429. The normalized spacial score (nSPS) is 13.9. The van der Waals surface area contributed by atoms with Crippen molar-refractivity contribution >= 4 is 28.1 Å². The van der Waals surface area contributed by atoms with Crippen molar-refractivity contribution in [1.82, 2.24) is 9.24 Å². The van der Waals surface area contributed by atoms with E-state index in [9.17, 15) is 9.59 Å². The van der Waals surface area contributed by atoms with Gasteiger partial charge in [-0.25, -0.2) is 4.79 Å². The molecule has 1 aromatic carbocycles. The van der Waals surface area contributed by atoms with E-state index in [4.69, 9.17) is 4.74 Å². The maximum absolute atomic E-state index is 12.0. The molecule has 1 aliphatic heterocycles. The zero-order valence-electron chi connectivity index (χ0n) is 11.7. The predicted octanol–water partition coefficient (Wildman–Crippen LogP) is 2.98. The molecule has 20 heavy (non-hydrogen) atoms. The Bertz CT molecular complexity index is 552. The second-order valence-electron chi connectivity index (χ2n) is 5.74. The Morgan fingerprint density at radius 1 is 1.25 bits per heavy atom. The number of carbonyl (C=O) groups excluding carboxylic acids is 2. The first-order valence-corrected chi connectivity index (χ1v) is 7.10. The average Bonchev–Trinajstić information content (AvgIpc) is 2.78.